The number of likely N-dealkylation sites (tertiary alicyclic amines) is 1. The van der Waals surface area contributed by atoms with E-state index in [0.717, 1.165) is 19.4 Å². The second-order valence-electron chi connectivity index (χ2n) is 5.92. The molecule has 6 heteroatoms. The highest BCUT2D eigenvalue weighted by Crippen LogP contribution is 2.31. The third kappa shape index (κ3) is 3.64. The predicted octanol–water partition coefficient (Wildman–Crippen LogP) is 1.97. The van der Waals surface area contributed by atoms with Gasteiger partial charge in [0.2, 0.25) is 0 Å². The third-order valence-corrected chi connectivity index (χ3v) is 4.39. The standard InChI is InChI=1S/C17H21NO5/c19-14(6-8-18-7-2-1-3-13(18)17(20)21)12-4-5-15-16(11-12)23-10-9-22-15/h4-5,11,13H,1-3,6-10H2,(H,20,21). The van der Waals surface area contributed by atoms with Crippen LogP contribution in [-0.2, 0) is 4.79 Å². The lowest BCUT2D eigenvalue weighted by molar-refractivity contribution is -0.144. The van der Waals surface area contributed by atoms with Crippen LogP contribution >= 0.6 is 0 Å². The first kappa shape index (κ1) is 15.8. The molecule has 2 heterocycles. The number of hydrogen-bond acceptors (Lipinski definition) is 5. The highest BCUT2D eigenvalue weighted by Gasteiger charge is 2.28. The van der Waals surface area contributed by atoms with Gasteiger partial charge >= 0.3 is 5.97 Å². The molecule has 0 radical (unpaired) electrons. The fraction of sp³-hybridized carbons (Fsp3) is 0.529. The van der Waals surface area contributed by atoms with E-state index in [1.54, 1.807) is 18.2 Å². The van der Waals surface area contributed by atoms with Crippen molar-refractivity contribution in [1.29, 1.82) is 0 Å². The van der Waals surface area contributed by atoms with Gasteiger partial charge < -0.3 is 14.6 Å². The van der Waals surface area contributed by atoms with Crippen molar-refractivity contribution in [2.45, 2.75) is 31.7 Å². The Morgan fingerprint density at radius 3 is 2.74 bits per heavy atom. The molecule has 1 saturated heterocycles. The van der Waals surface area contributed by atoms with Gasteiger partial charge in [0.05, 0.1) is 0 Å². The van der Waals surface area contributed by atoms with Gasteiger partial charge in [0.25, 0.3) is 0 Å². The Morgan fingerprint density at radius 2 is 1.96 bits per heavy atom. The number of ketones is 1. The number of aliphatic carboxylic acids is 1. The van der Waals surface area contributed by atoms with Crippen molar-refractivity contribution >= 4 is 11.8 Å². The molecule has 1 unspecified atom stereocenters. The largest absolute Gasteiger partial charge is 0.486 e. The molecule has 124 valence electrons. The minimum atomic E-state index is -0.795. The first-order chi connectivity index (χ1) is 11.1. The summed E-state index contributed by atoms with van der Waals surface area (Å²) < 4.78 is 10.9. The monoisotopic (exact) mass is 319 g/mol. The molecule has 0 amide bonds. The number of piperidine rings is 1. The lowest BCUT2D eigenvalue weighted by Crippen LogP contribution is -2.45. The molecule has 1 atom stereocenters. The maximum Gasteiger partial charge on any atom is 0.320 e. The smallest absolute Gasteiger partial charge is 0.320 e. The number of nitrogens with zero attached hydrogens (tertiary/aromatic N) is 1. The normalized spacial score (nSPS) is 21.0. The van der Waals surface area contributed by atoms with Crippen molar-refractivity contribution in [2.24, 2.45) is 0 Å². The van der Waals surface area contributed by atoms with E-state index in [0.29, 0.717) is 49.7 Å². The number of ether oxygens (including phenoxy) is 2. The van der Waals surface area contributed by atoms with Crippen molar-refractivity contribution in [1.82, 2.24) is 4.90 Å². The van der Waals surface area contributed by atoms with Gasteiger partial charge in [0.15, 0.2) is 17.3 Å². The average Bonchev–Trinajstić information content (AvgIpc) is 2.59. The number of carbonyl (C=O) groups excluding carboxylic acids is 1. The molecule has 1 aromatic carbocycles. The summed E-state index contributed by atoms with van der Waals surface area (Å²) >= 11 is 0. The molecule has 1 aromatic rings. The van der Waals surface area contributed by atoms with Crippen molar-refractivity contribution in [3.63, 3.8) is 0 Å². The topological polar surface area (TPSA) is 76.1 Å². The number of carboxylic acids is 1. The number of Topliss-reactive ketones (excluding diaryl/α,β-unsaturated/α-hetero) is 1. The molecule has 0 aromatic heterocycles. The van der Waals surface area contributed by atoms with Gasteiger partial charge in [-0.25, -0.2) is 0 Å². The first-order valence-electron chi connectivity index (χ1n) is 8.05. The van der Waals surface area contributed by atoms with Crippen LogP contribution in [0.1, 0.15) is 36.0 Å². The summed E-state index contributed by atoms with van der Waals surface area (Å²) in [7, 11) is 0. The minimum absolute atomic E-state index is 0.00307. The number of hydrogen-bond donors (Lipinski definition) is 1. The van der Waals surface area contributed by atoms with E-state index >= 15 is 0 Å². The Hall–Kier alpha value is -2.08. The molecule has 0 aliphatic carbocycles. The summed E-state index contributed by atoms with van der Waals surface area (Å²) in [6.45, 7) is 2.22. The molecule has 0 bridgehead atoms. The summed E-state index contributed by atoms with van der Waals surface area (Å²) in [5.41, 5.74) is 0.582. The van der Waals surface area contributed by atoms with Crippen molar-refractivity contribution in [3.8, 4) is 11.5 Å². The summed E-state index contributed by atoms with van der Waals surface area (Å²) in [4.78, 5) is 25.6. The van der Waals surface area contributed by atoms with Crippen LogP contribution in [0.3, 0.4) is 0 Å². The van der Waals surface area contributed by atoms with Crippen LogP contribution in [-0.4, -0.2) is 54.1 Å². The van der Waals surface area contributed by atoms with Crippen molar-refractivity contribution in [3.05, 3.63) is 23.8 Å². The van der Waals surface area contributed by atoms with E-state index < -0.39 is 12.0 Å². The molecular weight excluding hydrogens is 298 g/mol. The van der Waals surface area contributed by atoms with Crippen LogP contribution in [0.15, 0.2) is 18.2 Å². The van der Waals surface area contributed by atoms with E-state index in [4.69, 9.17) is 9.47 Å². The highest BCUT2D eigenvalue weighted by atomic mass is 16.6. The molecule has 3 rings (SSSR count). The molecule has 1 N–H and O–H groups in total. The summed E-state index contributed by atoms with van der Waals surface area (Å²) in [6, 6.07) is 4.74. The van der Waals surface area contributed by atoms with Crippen molar-refractivity contribution < 1.29 is 24.2 Å². The molecule has 23 heavy (non-hydrogen) atoms. The Bertz CT molecular complexity index is 601. The van der Waals surface area contributed by atoms with E-state index in [-0.39, 0.29) is 5.78 Å². The van der Waals surface area contributed by atoms with Gasteiger partial charge in [-0.05, 0) is 37.6 Å². The van der Waals surface area contributed by atoms with Crippen LogP contribution in [0.2, 0.25) is 0 Å². The van der Waals surface area contributed by atoms with Gasteiger partial charge in [-0.2, -0.15) is 0 Å². The van der Waals surface area contributed by atoms with Gasteiger partial charge in [0, 0.05) is 18.5 Å². The Morgan fingerprint density at radius 1 is 1.17 bits per heavy atom. The molecule has 6 nitrogen and oxygen atoms in total. The number of rotatable bonds is 5. The maximum absolute atomic E-state index is 12.4. The third-order valence-electron chi connectivity index (χ3n) is 4.39. The van der Waals surface area contributed by atoms with E-state index in [1.165, 1.54) is 0 Å². The zero-order valence-electron chi connectivity index (χ0n) is 13.0. The Balaban J connectivity index is 1.61. The zero-order chi connectivity index (χ0) is 16.2. The van der Waals surface area contributed by atoms with E-state index in [1.807, 2.05) is 4.90 Å². The maximum atomic E-state index is 12.4. The number of benzene rings is 1. The lowest BCUT2D eigenvalue weighted by atomic mass is 10.0. The molecule has 2 aliphatic heterocycles. The zero-order valence-corrected chi connectivity index (χ0v) is 13.0. The molecule has 0 saturated carbocycles. The fourth-order valence-corrected chi connectivity index (χ4v) is 3.14. The Labute approximate surface area is 135 Å². The van der Waals surface area contributed by atoms with Gasteiger partial charge in [0.1, 0.15) is 19.3 Å². The second kappa shape index (κ2) is 7.00. The summed E-state index contributed by atoms with van der Waals surface area (Å²) in [5.74, 6) is 0.464. The molecule has 1 fully saturated rings. The summed E-state index contributed by atoms with van der Waals surface area (Å²) in [5, 5.41) is 9.27. The molecular formula is C17H21NO5. The molecule has 0 spiro atoms. The van der Waals surface area contributed by atoms with Crippen LogP contribution < -0.4 is 9.47 Å². The molecule has 2 aliphatic rings. The highest BCUT2D eigenvalue weighted by molar-refractivity contribution is 5.96. The fourth-order valence-electron chi connectivity index (χ4n) is 3.14. The summed E-state index contributed by atoms with van der Waals surface area (Å²) in [6.07, 6.45) is 2.89. The first-order valence-corrected chi connectivity index (χ1v) is 8.05. The number of carbonyl (C=O) groups is 2. The van der Waals surface area contributed by atoms with Gasteiger partial charge in [-0.15, -0.1) is 0 Å². The minimum Gasteiger partial charge on any atom is -0.486 e. The predicted molar refractivity (Wildman–Crippen MR) is 83.2 cm³/mol. The van der Waals surface area contributed by atoms with Gasteiger partial charge in [-0.3, -0.25) is 14.5 Å². The lowest BCUT2D eigenvalue weighted by Gasteiger charge is -2.32. The number of carboxylic acid groups (broad SMARTS) is 1. The van der Waals surface area contributed by atoms with E-state index in [9.17, 15) is 14.7 Å². The van der Waals surface area contributed by atoms with Crippen LogP contribution in [0.25, 0.3) is 0 Å². The second-order valence-corrected chi connectivity index (χ2v) is 5.92. The van der Waals surface area contributed by atoms with E-state index in [2.05, 4.69) is 0 Å². The number of fused-ring (bicyclic) bond motifs is 1. The average molecular weight is 319 g/mol. The van der Waals surface area contributed by atoms with Crippen LogP contribution in [0.4, 0.5) is 0 Å². The van der Waals surface area contributed by atoms with Crippen LogP contribution in [0.5, 0.6) is 11.5 Å². The quantitative estimate of drug-likeness (QED) is 0.836. The SMILES string of the molecule is O=C(CCN1CCCCC1C(=O)O)c1ccc2c(c1)OCCO2. The van der Waals surface area contributed by atoms with Gasteiger partial charge in [-0.1, -0.05) is 6.42 Å². The Kier molecular flexibility index (Phi) is 4.81. The van der Waals surface area contributed by atoms with Crippen molar-refractivity contribution in [2.75, 3.05) is 26.3 Å². The van der Waals surface area contributed by atoms with Crippen LogP contribution in [0, 0.1) is 0 Å².